The molecule has 1 saturated carbocycles. The summed E-state index contributed by atoms with van der Waals surface area (Å²) in [6.07, 6.45) is 4.92. The molecule has 1 fully saturated rings. The molecular formula is C17H22Cl2N2O5. The van der Waals surface area contributed by atoms with E-state index in [1.165, 1.54) is 19.3 Å². The summed E-state index contributed by atoms with van der Waals surface area (Å²) in [5.74, 6) is -3.11. The molecule has 0 aromatic heterocycles. The third kappa shape index (κ3) is 8.03. The van der Waals surface area contributed by atoms with Gasteiger partial charge in [0.05, 0.1) is 17.3 Å². The zero-order valence-electron chi connectivity index (χ0n) is 14.3. The second-order valence-corrected chi connectivity index (χ2v) is 6.88. The average molecular weight is 405 g/mol. The van der Waals surface area contributed by atoms with Gasteiger partial charge in [0.1, 0.15) is 0 Å². The number of carbonyl (C=O) groups excluding carboxylic acids is 1. The van der Waals surface area contributed by atoms with Crippen LogP contribution in [0.15, 0.2) is 18.2 Å². The summed E-state index contributed by atoms with van der Waals surface area (Å²) in [7, 11) is 0. The van der Waals surface area contributed by atoms with Crippen molar-refractivity contribution >= 4 is 46.7 Å². The molecule has 7 nitrogen and oxygen atoms in total. The van der Waals surface area contributed by atoms with Crippen LogP contribution in [0, 0.1) is 5.92 Å². The molecule has 2 unspecified atom stereocenters. The van der Waals surface area contributed by atoms with Crippen LogP contribution in [0.5, 0.6) is 0 Å². The van der Waals surface area contributed by atoms with Gasteiger partial charge < -0.3 is 20.8 Å². The minimum Gasteiger partial charge on any atom is -0.473 e. The average Bonchev–Trinajstić information content (AvgIpc) is 2.58. The van der Waals surface area contributed by atoms with Crippen LogP contribution in [-0.2, 0) is 14.4 Å². The first-order chi connectivity index (χ1) is 12.2. The fraction of sp³-hybridized carbons (Fsp3) is 0.471. The molecule has 0 bridgehead atoms. The predicted molar refractivity (Wildman–Crippen MR) is 99.8 cm³/mol. The molecule has 9 heteroatoms. The molecule has 1 aromatic rings. The summed E-state index contributed by atoms with van der Waals surface area (Å²) >= 11 is 11.9. The van der Waals surface area contributed by atoms with Crippen LogP contribution in [0.3, 0.4) is 0 Å². The molecule has 144 valence electrons. The minimum absolute atomic E-state index is 0.0908. The highest BCUT2D eigenvalue weighted by Gasteiger charge is 2.21. The zero-order chi connectivity index (χ0) is 19.7. The van der Waals surface area contributed by atoms with Crippen LogP contribution in [0.1, 0.15) is 32.6 Å². The van der Waals surface area contributed by atoms with E-state index >= 15 is 0 Å². The van der Waals surface area contributed by atoms with Crippen molar-refractivity contribution in [2.75, 3.05) is 11.9 Å². The van der Waals surface area contributed by atoms with Crippen LogP contribution >= 0.6 is 23.2 Å². The minimum atomic E-state index is -1.82. The first-order valence-electron chi connectivity index (χ1n) is 8.15. The number of carbonyl (C=O) groups is 3. The lowest BCUT2D eigenvalue weighted by Gasteiger charge is -2.29. The van der Waals surface area contributed by atoms with Crippen molar-refractivity contribution in [2.24, 2.45) is 5.92 Å². The molecule has 4 N–H and O–H groups in total. The Kier molecular flexibility index (Phi) is 9.40. The first kappa shape index (κ1) is 22.2. The van der Waals surface area contributed by atoms with E-state index in [-0.39, 0.29) is 5.91 Å². The number of nitrogens with one attached hydrogen (secondary N) is 2. The monoisotopic (exact) mass is 404 g/mol. The van der Waals surface area contributed by atoms with Gasteiger partial charge in [0.15, 0.2) is 0 Å². The maximum Gasteiger partial charge on any atom is 0.414 e. The number of carboxylic acid groups (broad SMARTS) is 2. The van der Waals surface area contributed by atoms with E-state index in [0.717, 1.165) is 6.42 Å². The quantitative estimate of drug-likeness (QED) is 0.572. The van der Waals surface area contributed by atoms with Gasteiger partial charge >= 0.3 is 11.9 Å². The van der Waals surface area contributed by atoms with Crippen molar-refractivity contribution in [3.8, 4) is 0 Å². The highest BCUT2D eigenvalue weighted by atomic mass is 35.5. The Hall–Kier alpha value is -1.83. The smallest absolute Gasteiger partial charge is 0.414 e. The number of carboxylic acids is 2. The number of aliphatic carboxylic acids is 2. The van der Waals surface area contributed by atoms with Crippen LogP contribution < -0.4 is 10.6 Å². The van der Waals surface area contributed by atoms with Crippen molar-refractivity contribution in [1.29, 1.82) is 0 Å². The summed E-state index contributed by atoms with van der Waals surface area (Å²) in [4.78, 5) is 30.1. The first-order valence-corrected chi connectivity index (χ1v) is 8.90. The maximum absolute atomic E-state index is 11.9. The van der Waals surface area contributed by atoms with Gasteiger partial charge in [0.2, 0.25) is 5.91 Å². The van der Waals surface area contributed by atoms with Crippen molar-refractivity contribution in [1.82, 2.24) is 5.32 Å². The Morgan fingerprint density at radius 2 is 1.73 bits per heavy atom. The lowest BCUT2D eigenvalue weighted by atomic mass is 9.86. The highest BCUT2D eigenvalue weighted by molar-refractivity contribution is 6.35. The summed E-state index contributed by atoms with van der Waals surface area (Å²) in [5, 5.41) is 22.0. The molecule has 0 spiro atoms. The van der Waals surface area contributed by atoms with E-state index in [4.69, 9.17) is 43.0 Å². The van der Waals surface area contributed by atoms with Gasteiger partial charge in [-0.05, 0) is 37.0 Å². The van der Waals surface area contributed by atoms with E-state index in [0.29, 0.717) is 34.2 Å². The zero-order valence-corrected chi connectivity index (χ0v) is 15.8. The van der Waals surface area contributed by atoms with E-state index in [1.807, 2.05) is 0 Å². The molecule has 2 atom stereocenters. The van der Waals surface area contributed by atoms with Gasteiger partial charge in [0, 0.05) is 11.1 Å². The fourth-order valence-corrected chi connectivity index (χ4v) is 2.97. The fourth-order valence-electron chi connectivity index (χ4n) is 2.63. The number of amides is 1. The molecule has 2 rings (SSSR count). The number of hydrogen-bond acceptors (Lipinski definition) is 4. The Morgan fingerprint density at radius 1 is 1.12 bits per heavy atom. The lowest BCUT2D eigenvalue weighted by Crippen LogP contribution is -2.41. The Morgan fingerprint density at radius 3 is 2.31 bits per heavy atom. The largest absolute Gasteiger partial charge is 0.473 e. The standard InChI is InChI=1S/C15H20Cl2N2O.C2H2O4/c1-10-4-2-3-5-13(10)18-9-15(20)19-14-8-11(16)6-7-12(14)17;3-1(4)2(5)6/h6-8,10,13,18H,2-5,9H2,1H3,(H,19,20);(H,3,4)(H,5,6). The summed E-state index contributed by atoms with van der Waals surface area (Å²) in [5.41, 5.74) is 0.558. The number of halogens is 2. The Balaban J connectivity index is 0.000000487. The van der Waals surface area contributed by atoms with Crippen molar-refractivity contribution in [3.63, 3.8) is 0 Å². The second kappa shape index (κ2) is 11.0. The molecule has 26 heavy (non-hydrogen) atoms. The Bertz CT molecular complexity index is 642. The summed E-state index contributed by atoms with van der Waals surface area (Å²) in [6.45, 7) is 2.54. The van der Waals surface area contributed by atoms with E-state index in [9.17, 15) is 4.79 Å². The lowest BCUT2D eigenvalue weighted by molar-refractivity contribution is -0.159. The van der Waals surface area contributed by atoms with E-state index in [2.05, 4.69) is 17.6 Å². The summed E-state index contributed by atoms with van der Waals surface area (Å²) < 4.78 is 0. The molecular weight excluding hydrogens is 383 g/mol. The van der Waals surface area contributed by atoms with Gasteiger partial charge in [-0.15, -0.1) is 0 Å². The van der Waals surface area contributed by atoms with Crippen LogP contribution in [0.4, 0.5) is 5.69 Å². The van der Waals surface area contributed by atoms with Crippen LogP contribution in [-0.4, -0.2) is 40.6 Å². The number of anilines is 1. The molecule has 0 heterocycles. The number of rotatable bonds is 4. The highest BCUT2D eigenvalue weighted by Crippen LogP contribution is 2.26. The third-order valence-electron chi connectivity index (χ3n) is 4.02. The normalized spacial score (nSPS) is 19.0. The molecule has 0 radical (unpaired) electrons. The third-order valence-corrected chi connectivity index (χ3v) is 4.59. The maximum atomic E-state index is 11.9. The van der Waals surface area contributed by atoms with Crippen molar-refractivity contribution in [2.45, 2.75) is 38.6 Å². The van der Waals surface area contributed by atoms with Crippen LogP contribution in [0.25, 0.3) is 0 Å². The number of benzene rings is 1. The van der Waals surface area contributed by atoms with Crippen LogP contribution in [0.2, 0.25) is 10.0 Å². The van der Waals surface area contributed by atoms with Crippen molar-refractivity contribution in [3.05, 3.63) is 28.2 Å². The SMILES string of the molecule is CC1CCCCC1NCC(=O)Nc1cc(Cl)ccc1Cl.O=C(O)C(=O)O. The number of hydrogen-bond donors (Lipinski definition) is 4. The van der Waals surface area contributed by atoms with Gasteiger partial charge in [0.25, 0.3) is 0 Å². The molecule has 1 aromatic carbocycles. The van der Waals surface area contributed by atoms with Gasteiger partial charge in [-0.25, -0.2) is 9.59 Å². The van der Waals surface area contributed by atoms with Crippen molar-refractivity contribution < 1.29 is 24.6 Å². The van der Waals surface area contributed by atoms with Gasteiger partial charge in [-0.2, -0.15) is 0 Å². The van der Waals surface area contributed by atoms with E-state index in [1.54, 1.807) is 18.2 Å². The Labute approximate surface area is 161 Å². The van der Waals surface area contributed by atoms with E-state index < -0.39 is 11.9 Å². The molecule has 0 saturated heterocycles. The molecule has 1 aliphatic carbocycles. The summed E-state index contributed by atoms with van der Waals surface area (Å²) in [6, 6.07) is 5.46. The predicted octanol–water partition coefficient (Wildman–Crippen LogP) is 3.26. The van der Waals surface area contributed by atoms with Gasteiger partial charge in [-0.3, -0.25) is 4.79 Å². The molecule has 1 aliphatic rings. The second-order valence-electron chi connectivity index (χ2n) is 6.03. The topological polar surface area (TPSA) is 116 Å². The molecule has 0 aliphatic heterocycles. The van der Waals surface area contributed by atoms with Gasteiger partial charge in [-0.1, -0.05) is 43.0 Å². The molecule has 1 amide bonds.